The van der Waals surface area contributed by atoms with Crippen LogP contribution in [0, 0.1) is 17.2 Å². The van der Waals surface area contributed by atoms with Gasteiger partial charge in [0.2, 0.25) is 0 Å². The first kappa shape index (κ1) is 14.3. The quantitative estimate of drug-likeness (QED) is 0.814. The van der Waals surface area contributed by atoms with Gasteiger partial charge in [0.05, 0.1) is 12.0 Å². The van der Waals surface area contributed by atoms with E-state index in [2.05, 4.69) is 6.07 Å². The molecule has 1 N–H and O–H groups in total. The molecular formula is C12H19N3O3. The molecule has 1 aliphatic heterocycles. The molecule has 6 heteroatoms. The first-order valence-electron chi connectivity index (χ1n) is 6.19. The molecule has 0 aromatic heterocycles. The average Bonchev–Trinajstić information content (AvgIpc) is 2.83. The van der Waals surface area contributed by atoms with Gasteiger partial charge in [0.1, 0.15) is 6.04 Å². The molecule has 1 aliphatic rings. The van der Waals surface area contributed by atoms with Crippen LogP contribution in [-0.4, -0.2) is 52.6 Å². The lowest BCUT2D eigenvalue weighted by Crippen LogP contribution is -2.49. The minimum absolute atomic E-state index is 0.250. The van der Waals surface area contributed by atoms with E-state index in [9.17, 15) is 9.59 Å². The molecule has 0 aromatic carbocycles. The first-order valence-corrected chi connectivity index (χ1v) is 6.19. The molecule has 0 saturated carbocycles. The van der Waals surface area contributed by atoms with E-state index in [1.807, 2.05) is 6.92 Å². The van der Waals surface area contributed by atoms with Gasteiger partial charge in [0, 0.05) is 19.6 Å². The molecule has 2 atom stereocenters. The van der Waals surface area contributed by atoms with Crippen molar-refractivity contribution in [2.75, 3.05) is 19.6 Å². The third-order valence-electron chi connectivity index (χ3n) is 3.15. The van der Waals surface area contributed by atoms with Gasteiger partial charge < -0.3 is 14.9 Å². The van der Waals surface area contributed by atoms with E-state index in [0.717, 1.165) is 0 Å². The molecule has 2 amide bonds. The van der Waals surface area contributed by atoms with Gasteiger partial charge in [0.15, 0.2) is 0 Å². The summed E-state index contributed by atoms with van der Waals surface area (Å²) >= 11 is 0. The average molecular weight is 253 g/mol. The number of hydrogen-bond donors (Lipinski definition) is 1. The number of nitrogens with zero attached hydrogens (tertiary/aromatic N) is 3. The summed E-state index contributed by atoms with van der Waals surface area (Å²) in [7, 11) is 0. The van der Waals surface area contributed by atoms with Crippen molar-refractivity contribution < 1.29 is 14.7 Å². The highest BCUT2D eigenvalue weighted by Crippen LogP contribution is 2.19. The monoisotopic (exact) mass is 253 g/mol. The smallest absolute Gasteiger partial charge is 0.326 e. The minimum atomic E-state index is -0.953. The van der Waals surface area contributed by atoms with Crippen molar-refractivity contribution in [1.82, 2.24) is 9.80 Å². The topological polar surface area (TPSA) is 84.6 Å². The minimum Gasteiger partial charge on any atom is -0.480 e. The molecule has 0 bridgehead atoms. The van der Waals surface area contributed by atoms with Crippen molar-refractivity contribution in [3.05, 3.63) is 0 Å². The summed E-state index contributed by atoms with van der Waals surface area (Å²) in [6, 6.07) is 1.09. The third kappa shape index (κ3) is 3.13. The van der Waals surface area contributed by atoms with E-state index >= 15 is 0 Å². The van der Waals surface area contributed by atoms with Crippen molar-refractivity contribution in [3.63, 3.8) is 0 Å². The Morgan fingerprint density at radius 2 is 2.28 bits per heavy atom. The van der Waals surface area contributed by atoms with Crippen LogP contribution in [0.4, 0.5) is 4.79 Å². The first-order chi connectivity index (χ1) is 8.51. The summed E-state index contributed by atoms with van der Waals surface area (Å²) in [5.41, 5.74) is 0. The van der Waals surface area contributed by atoms with E-state index in [1.54, 1.807) is 6.92 Å². The highest BCUT2D eigenvalue weighted by molar-refractivity contribution is 5.83. The summed E-state index contributed by atoms with van der Waals surface area (Å²) in [5, 5.41) is 17.8. The van der Waals surface area contributed by atoms with Gasteiger partial charge in [-0.2, -0.15) is 5.26 Å². The van der Waals surface area contributed by atoms with Crippen LogP contribution in [0.15, 0.2) is 0 Å². The summed E-state index contributed by atoms with van der Waals surface area (Å²) < 4.78 is 0. The Labute approximate surface area is 107 Å². The number of carboxylic acids is 1. The van der Waals surface area contributed by atoms with Gasteiger partial charge in [-0.3, -0.25) is 0 Å². The van der Waals surface area contributed by atoms with Crippen LogP contribution in [-0.2, 0) is 4.79 Å². The van der Waals surface area contributed by atoms with Crippen LogP contribution < -0.4 is 0 Å². The number of carbonyl (C=O) groups excluding carboxylic acids is 1. The van der Waals surface area contributed by atoms with Crippen molar-refractivity contribution in [2.24, 2.45) is 5.92 Å². The predicted octanol–water partition coefficient (Wildman–Crippen LogP) is 1.14. The number of carboxylic acid groups (broad SMARTS) is 1. The van der Waals surface area contributed by atoms with Gasteiger partial charge in [-0.1, -0.05) is 0 Å². The van der Waals surface area contributed by atoms with Crippen LogP contribution in [0.25, 0.3) is 0 Å². The predicted molar refractivity (Wildman–Crippen MR) is 64.8 cm³/mol. The van der Waals surface area contributed by atoms with E-state index in [4.69, 9.17) is 10.4 Å². The molecule has 1 rings (SSSR count). The molecule has 0 spiro atoms. The van der Waals surface area contributed by atoms with Gasteiger partial charge >= 0.3 is 12.0 Å². The van der Waals surface area contributed by atoms with E-state index in [-0.39, 0.29) is 11.9 Å². The molecule has 100 valence electrons. The second-order valence-corrected chi connectivity index (χ2v) is 4.54. The van der Waals surface area contributed by atoms with Crippen LogP contribution in [0.1, 0.15) is 26.7 Å². The Morgan fingerprint density at radius 1 is 1.61 bits per heavy atom. The zero-order chi connectivity index (χ0) is 13.7. The van der Waals surface area contributed by atoms with Crippen molar-refractivity contribution in [3.8, 4) is 6.07 Å². The summed E-state index contributed by atoms with van der Waals surface area (Å²) in [6.45, 7) is 4.87. The van der Waals surface area contributed by atoms with Crippen molar-refractivity contribution in [1.29, 1.82) is 5.26 Å². The number of likely N-dealkylation sites (tertiary alicyclic amines) is 1. The number of urea groups is 1. The maximum absolute atomic E-state index is 12.2. The SMILES string of the molecule is CCN(CC(C)C#N)C(=O)N1CCC[C@H]1C(=O)O. The molecule has 0 aliphatic carbocycles. The van der Waals surface area contributed by atoms with Gasteiger partial charge in [-0.05, 0) is 26.7 Å². The lowest BCUT2D eigenvalue weighted by molar-refractivity contribution is -0.141. The van der Waals surface area contributed by atoms with Crippen LogP contribution in [0.3, 0.4) is 0 Å². The number of nitriles is 1. The van der Waals surface area contributed by atoms with Crippen LogP contribution in [0.5, 0.6) is 0 Å². The molecule has 6 nitrogen and oxygen atoms in total. The summed E-state index contributed by atoms with van der Waals surface area (Å²) in [4.78, 5) is 26.2. The number of carbonyl (C=O) groups is 2. The Hall–Kier alpha value is -1.77. The number of hydrogen-bond acceptors (Lipinski definition) is 3. The van der Waals surface area contributed by atoms with Gasteiger partial charge in [0.25, 0.3) is 0 Å². The summed E-state index contributed by atoms with van der Waals surface area (Å²) in [6.07, 6.45) is 1.22. The van der Waals surface area contributed by atoms with E-state index < -0.39 is 12.0 Å². The standard InChI is InChI=1S/C12H19N3O3/c1-3-14(8-9(2)7-13)12(18)15-6-4-5-10(15)11(16)17/h9-10H,3-6,8H2,1-2H3,(H,16,17)/t9?,10-/m0/s1. The third-order valence-corrected chi connectivity index (χ3v) is 3.15. The molecule has 1 fully saturated rings. The molecule has 0 aromatic rings. The van der Waals surface area contributed by atoms with E-state index in [0.29, 0.717) is 32.5 Å². The molecular weight excluding hydrogens is 234 g/mol. The molecule has 0 radical (unpaired) electrons. The maximum Gasteiger partial charge on any atom is 0.326 e. The maximum atomic E-state index is 12.2. The highest BCUT2D eigenvalue weighted by atomic mass is 16.4. The van der Waals surface area contributed by atoms with Crippen molar-refractivity contribution >= 4 is 12.0 Å². The second kappa shape index (κ2) is 6.24. The molecule has 18 heavy (non-hydrogen) atoms. The van der Waals surface area contributed by atoms with Gasteiger partial charge in [-0.25, -0.2) is 9.59 Å². The van der Waals surface area contributed by atoms with Crippen molar-refractivity contribution in [2.45, 2.75) is 32.7 Å². The lowest BCUT2D eigenvalue weighted by atomic mass is 10.2. The zero-order valence-electron chi connectivity index (χ0n) is 10.8. The largest absolute Gasteiger partial charge is 0.480 e. The lowest BCUT2D eigenvalue weighted by Gasteiger charge is -2.30. The Balaban J connectivity index is 2.72. The molecule has 1 heterocycles. The zero-order valence-corrected chi connectivity index (χ0v) is 10.8. The summed E-state index contributed by atoms with van der Waals surface area (Å²) in [5.74, 6) is -1.20. The van der Waals surface area contributed by atoms with Gasteiger partial charge in [-0.15, -0.1) is 0 Å². The number of rotatable bonds is 4. The number of amides is 2. The van der Waals surface area contributed by atoms with Crippen LogP contribution >= 0.6 is 0 Å². The molecule has 1 unspecified atom stereocenters. The fourth-order valence-corrected chi connectivity index (χ4v) is 2.15. The Kier molecular flexibility index (Phi) is 4.95. The Bertz CT molecular complexity index is 364. The normalized spacial score (nSPS) is 20.3. The molecule has 1 saturated heterocycles. The fourth-order valence-electron chi connectivity index (χ4n) is 2.15. The van der Waals surface area contributed by atoms with E-state index in [1.165, 1.54) is 9.80 Å². The second-order valence-electron chi connectivity index (χ2n) is 4.54. The highest BCUT2D eigenvalue weighted by Gasteiger charge is 2.36. The Morgan fingerprint density at radius 3 is 2.78 bits per heavy atom. The number of aliphatic carboxylic acids is 1. The van der Waals surface area contributed by atoms with Crippen LogP contribution in [0.2, 0.25) is 0 Å². The fraction of sp³-hybridized carbons (Fsp3) is 0.750.